The Morgan fingerprint density at radius 3 is 3.00 bits per heavy atom. The lowest BCUT2D eigenvalue weighted by molar-refractivity contribution is 0.583. The Bertz CT molecular complexity index is 527. The molecule has 0 aliphatic rings. The second-order valence-corrected chi connectivity index (χ2v) is 4.94. The standard InChI is InChI=1S/C12H14BrFN4/c1-18-8-16-17-12(18)4-5-15-7-9-6-10(13)2-3-11(9)14/h2-3,6,8,15H,4-5,7H2,1H3. The van der Waals surface area contributed by atoms with Crippen LogP contribution in [0.5, 0.6) is 0 Å². The van der Waals surface area contributed by atoms with Gasteiger partial charge in [0.05, 0.1) is 0 Å². The number of nitrogens with one attached hydrogen (secondary N) is 1. The molecule has 0 radical (unpaired) electrons. The van der Waals surface area contributed by atoms with Crippen LogP contribution in [0.15, 0.2) is 29.0 Å². The molecule has 0 aliphatic carbocycles. The Balaban J connectivity index is 1.82. The van der Waals surface area contributed by atoms with Crippen LogP contribution < -0.4 is 5.32 Å². The Hall–Kier alpha value is -1.27. The zero-order valence-corrected chi connectivity index (χ0v) is 11.6. The maximum absolute atomic E-state index is 13.4. The van der Waals surface area contributed by atoms with Gasteiger partial charge in [-0.05, 0) is 18.2 Å². The van der Waals surface area contributed by atoms with Crippen LogP contribution in [-0.4, -0.2) is 21.3 Å². The van der Waals surface area contributed by atoms with Crippen molar-refractivity contribution in [2.75, 3.05) is 6.54 Å². The first-order chi connectivity index (χ1) is 8.66. The Kier molecular flexibility index (Phi) is 4.43. The van der Waals surface area contributed by atoms with Crippen molar-refractivity contribution < 1.29 is 4.39 Å². The molecular weight excluding hydrogens is 299 g/mol. The molecule has 1 aromatic heterocycles. The third-order valence-electron chi connectivity index (χ3n) is 2.65. The molecule has 1 aromatic carbocycles. The van der Waals surface area contributed by atoms with Crippen molar-refractivity contribution in [3.63, 3.8) is 0 Å². The monoisotopic (exact) mass is 312 g/mol. The quantitative estimate of drug-likeness (QED) is 0.859. The summed E-state index contributed by atoms with van der Waals surface area (Å²) in [4.78, 5) is 0. The Morgan fingerprint density at radius 2 is 2.28 bits per heavy atom. The highest BCUT2D eigenvalue weighted by atomic mass is 79.9. The summed E-state index contributed by atoms with van der Waals surface area (Å²) in [6.45, 7) is 1.24. The fourth-order valence-corrected chi connectivity index (χ4v) is 2.04. The lowest BCUT2D eigenvalue weighted by Crippen LogP contribution is -2.18. The van der Waals surface area contributed by atoms with E-state index in [1.165, 1.54) is 6.07 Å². The molecule has 0 amide bonds. The van der Waals surface area contributed by atoms with Gasteiger partial charge >= 0.3 is 0 Å². The summed E-state index contributed by atoms with van der Waals surface area (Å²) < 4.78 is 16.2. The smallest absolute Gasteiger partial charge is 0.133 e. The highest BCUT2D eigenvalue weighted by Crippen LogP contribution is 2.15. The normalized spacial score (nSPS) is 10.8. The molecule has 0 aliphatic heterocycles. The second-order valence-electron chi connectivity index (χ2n) is 4.02. The summed E-state index contributed by atoms with van der Waals surface area (Å²) in [6, 6.07) is 4.94. The molecule has 2 rings (SSSR count). The second kappa shape index (κ2) is 6.06. The maximum atomic E-state index is 13.4. The number of aromatic nitrogens is 3. The molecule has 0 bridgehead atoms. The number of benzene rings is 1. The first kappa shape index (κ1) is 13.2. The summed E-state index contributed by atoms with van der Waals surface area (Å²) >= 11 is 3.33. The van der Waals surface area contributed by atoms with Crippen molar-refractivity contribution >= 4 is 15.9 Å². The van der Waals surface area contributed by atoms with E-state index in [1.54, 1.807) is 18.5 Å². The van der Waals surface area contributed by atoms with Crippen LogP contribution in [0.2, 0.25) is 0 Å². The lowest BCUT2D eigenvalue weighted by atomic mass is 10.2. The van der Waals surface area contributed by atoms with Gasteiger partial charge in [-0.3, -0.25) is 0 Å². The van der Waals surface area contributed by atoms with Crippen molar-refractivity contribution in [3.05, 3.63) is 46.2 Å². The third-order valence-corrected chi connectivity index (χ3v) is 3.15. The lowest BCUT2D eigenvalue weighted by Gasteiger charge is -2.06. The third kappa shape index (κ3) is 3.36. The van der Waals surface area contributed by atoms with Crippen LogP contribution in [0.3, 0.4) is 0 Å². The Labute approximate surface area is 113 Å². The molecule has 6 heteroatoms. The first-order valence-electron chi connectivity index (χ1n) is 5.64. The molecule has 96 valence electrons. The molecule has 0 spiro atoms. The summed E-state index contributed by atoms with van der Waals surface area (Å²) in [6.07, 6.45) is 2.44. The van der Waals surface area contributed by atoms with E-state index in [9.17, 15) is 4.39 Å². The SMILES string of the molecule is Cn1cnnc1CCNCc1cc(Br)ccc1F. The van der Waals surface area contributed by atoms with Gasteiger partial charge in [0.1, 0.15) is 18.0 Å². The zero-order chi connectivity index (χ0) is 13.0. The molecular formula is C12H14BrFN4. The van der Waals surface area contributed by atoms with E-state index in [2.05, 4.69) is 31.4 Å². The molecule has 4 nitrogen and oxygen atoms in total. The van der Waals surface area contributed by atoms with Crippen molar-refractivity contribution in [1.82, 2.24) is 20.1 Å². The summed E-state index contributed by atoms with van der Waals surface area (Å²) in [5, 5.41) is 11.0. The summed E-state index contributed by atoms with van der Waals surface area (Å²) in [5.74, 6) is 0.724. The molecule has 0 fully saturated rings. The average Bonchev–Trinajstić information content (AvgIpc) is 2.75. The number of halogens is 2. The van der Waals surface area contributed by atoms with Gasteiger partial charge in [0.15, 0.2) is 0 Å². The van der Waals surface area contributed by atoms with E-state index >= 15 is 0 Å². The summed E-state index contributed by atoms with van der Waals surface area (Å²) in [5.41, 5.74) is 0.655. The van der Waals surface area contributed by atoms with Crippen LogP contribution >= 0.6 is 15.9 Å². The van der Waals surface area contributed by atoms with Crippen LogP contribution in [0.1, 0.15) is 11.4 Å². The van der Waals surface area contributed by atoms with Crippen molar-refractivity contribution in [2.45, 2.75) is 13.0 Å². The van der Waals surface area contributed by atoms with E-state index in [0.29, 0.717) is 12.1 Å². The van der Waals surface area contributed by atoms with E-state index in [4.69, 9.17) is 0 Å². The zero-order valence-electron chi connectivity index (χ0n) is 10.0. The number of hydrogen-bond acceptors (Lipinski definition) is 3. The van der Waals surface area contributed by atoms with E-state index < -0.39 is 0 Å². The van der Waals surface area contributed by atoms with Gasteiger partial charge in [-0.2, -0.15) is 0 Å². The van der Waals surface area contributed by atoms with Gasteiger partial charge in [0.2, 0.25) is 0 Å². The maximum Gasteiger partial charge on any atom is 0.133 e. The average molecular weight is 313 g/mol. The van der Waals surface area contributed by atoms with Gasteiger partial charge in [0.25, 0.3) is 0 Å². The molecule has 1 N–H and O–H groups in total. The minimum Gasteiger partial charge on any atom is -0.321 e. The molecule has 0 atom stereocenters. The number of nitrogens with zero attached hydrogens (tertiary/aromatic N) is 3. The van der Waals surface area contributed by atoms with Gasteiger partial charge in [-0.15, -0.1) is 10.2 Å². The van der Waals surface area contributed by atoms with Gasteiger partial charge in [-0.25, -0.2) is 4.39 Å². The molecule has 2 aromatic rings. The largest absolute Gasteiger partial charge is 0.321 e. The van der Waals surface area contributed by atoms with Crippen LogP contribution in [0, 0.1) is 5.82 Å². The molecule has 18 heavy (non-hydrogen) atoms. The minimum absolute atomic E-state index is 0.190. The van der Waals surface area contributed by atoms with Crippen LogP contribution in [0.25, 0.3) is 0 Å². The van der Waals surface area contributed by atoms with Gasteiger partial charge in [-0.1, -0.05) is 15.9 Å². The fourth-order valence-electron chi connectivity index (χ4n) is 1.64. The highest BCUT2D eigenvalue weighted by Gasteiger charge is 2.03. The number of aryl methyl sites for hydroxylation is 1. The van der Waals surface area contributed by atoms with E-state index in [1.807, 2.05) is 11.6 Å². The van der Waals surface area contributed by atoms with E-state index in [-0.39, 0.29) is 5.82 Å². The van der Waals surface area contributed by atoms with Crippen molar-refractivity contribution in [1.29, 1.82) is 0 Å². The number of rotatable bonds is 5. The predicted molar refractivity (Wildman–Crippen MR) is 70.5 cm³/mol. The van der Waals surface area contributed by atoms with Crippen LogP contribution in [0.4, 0.5) is 4.39 Å². The molecule has 0 saturated carbocycles. The number of hydrogen-bond donors (Lipinski definition) is 1. The molecule has 0 saturated heterocycles. The van der Waals surface area contributed by atoms with Crippen LogP contribution in [-0.2, 0) is 20.0 Å². The predicted octanol–water partition coefficient (Wildman–Crippen LogP) is 2.05. The van der Waals surface area contributed by atoms with Gasteiger partial charge < -0.3 is 9.88 Å². The fraction of sp³-hybridized carbons (Fsp3) is 0.333. The molecule has 0 unspecified atom stereocenters. The molecule has 1 heterocycles. The first-order valence-corrected chi connectivity index (χ1v) is 6.43. The summed E-state index contributed by atoms with van der Waals surface area (Å²) in [7, 11) is 1.91. The van der Waals surface area contributed by atoms with Gasteiger partial charge in [0, 0.05) is 36.6 Å². The minimum atomic E-state index is -0.190. The Morgan fingerprint density at radius 1 is 1.44 bits per heavy atom. The van der Waals surface area contributed by atoms with Crippen molar-refractivity contribution in [2.24, 2.45) is 7.05 Å². The topological polar surface area (TPSA) is 42.7 Å². The highest BCUT2D eigenvalue weighted by molar-refractivity contribution is 9.10. The van der Waals surface area contributed by atoms with E-state index in [0.717, 1.165) is 23.3 Å². The van der Waals surface area contributed by atoms with Crippen molar-refractivity contribution in [3.8, 4) is 0 Å².